The van der Waals surface area contributed by atoms with Crippen molar-refractivity contribution in [2.24, 2.45) is 0 Å². The molecule has 0 heterocycles. The van der Waals surface area contributed by atoms with Crippen LogP contribution in [-0.2, 0) is 26.2 Å². The standard InChI is InChI=1S/C26H27BrClN3O4S/c1-3-29-26(33)19(2)30(17-20-8-7-9-21(27)16-20)25(32)18-31(23-10-5-4-6-11-23)36(34,35)24-14-12-22(28)13-15-24/h4-16,19H,3,17-18H2,1-2H3,(H,29,33)/t19-/m1/s1. The van der Waals surface area contributed by atoms with Crippen LogP contribution in [0.4, 0.5) is 5.69 Å². The number of likely N-dealkylation sites (N-methyl/N-ethyl adjacent to an activating group) is 1. The van der Waals surface area contributed by atoms with Gasteiger partial charge in [-0.15, -0.1) is 0 Å². The summed E-state index contributed by atoms with van der Waals surface area (Å²) in [6.07, 6.45) is 0. The molecule has 3 aromatic carbocycles. The molecule has 190 valence electrons. The lowest BCUT2D eigenvalue weighted by Crippen LogP contribution is -2.51. The second-order valence-corrected chi connectivity index (χ2v) is 11.2. The zero-order chi connectivity index (χ0) is 26.3. The number of sulfonamides is 1. The molecule has 0 aliphatic rings. The third kappa shape index (κ3) is 6.87. The van der Waals surface area contributed by atoms with Crippen molar-refractivity contribution in [3.63, 3.8) is 0 Å². The second kappa shape index (κ2) is 12.4. The van der Waals surface area contributed by atoms with Gasteiger partial charge in [-0.2, -0.15) is 0 Å². The molecule has 3 aromatic rings. The van der Waals surface area contributed by atoms with Crippen molar-refractivity contribution >= 4 is 55.1 Å². The van der Waals surface area contributed by atoms with E-state index in [-0.39, 0.29) is 17.3 Å². The molecule has 10 heteroatoms. The molecule has 3 rings (SSSR count). The number of halogens is 2. The van der Waals surface area contributed by atoms with Crippen LogP contribution in [0.5, 0.6) is 0 Å². The van der Waals surface area contributed by atoms with Crippen molar-refractivity contribution in [1.82, 2.24) is 10.2 Å². The molecule has 0 aliphatic carbocycles. The molecule has 2 amide bonds. The van der Waals surface area contributed by atoms with Gasteiger partial charge >= 0.3 is 0 Å². The van der Waals surface area contributed by atoms with Crippen LogP contribution >= 0.6 is 27.5 Å². The fraction of sp³-hybridized carbons (Fsp3) is 0.231. The lowest BCUT2D eigenvalue weighted by Gasteiger charge is -2.32. The third-order valence-electron chi connectivity index (χ3n) is 5.48. The number of hydrogen-bond donors (Lipinski definition) is 1. The van der Waals surface area contributed by atoms with Gasteiger partial charge in [0, 0.05) is 22.6 Å². The van der Waals surface area contributed by atoms with Crippen molar-refractivity contribution in [2.45, 2.75) is 31.3 Å². The molecule has 7 nitrogen and oxygen atoms in total. The van der Waals surface area contributed by atoms with E-state index in [0.717, 1.165) is 14.3 Å². The Morgan fingerprint density at radius 1 is 1.00 bits per heavy atom. The highest BCUT2D eigenvalue weighted by atomic mass is 79.9. The van der Waals surface area contributed by atoms with Crippen LogP contribution in [-0.4, -0.2) is 44.3 Å². The second-order valence-electron chi connectivity index (χ2n) is 8.02. The molecular weight excluding hydrogens is 566 g/mol. The Balaban J connectivity index is 2.00. The number of anilines is 1. The SMILES string of the molecule is CCNC(=O)[C@@H](C)N(Cc1cccc(Br)c1)C(=O)CN(c1ccccc1)S(=O)(=O)c1ccc(Cl)cc1. The summed E-state index contributed by atoms with van der Waals surface area (Å²) in [5.41, 5.74) is 1.12. The van der Waals surface area contributed by atoms with E-state index in [1.807, 2.05) is 24.3 Å². The summed E-state index contributed by atoms with van der Waals surface area (Å²) >= 11 is 9.38. The Morgan fingerprint density at radius 2 is 1.67 bits per heavy atom. The number of rotatable bonds is 10. The highest BCUT2D eigenvalue weighted by Crippen LogP contribution is 2.25. The van der Waals surface area contributed by atoms with Gasteiger partial charge in [-0.05, 0) is 67.9 Å². The van der Waals surface area contributed by atoms with E-state index in [0.29, 0.717) is 17.3 Å². The van der Waals surface area contributed by atoms with Crippen LogP contribution in [0.15, 0.2) is 88.2 Å². The van der Waals surface area contributed by atoms with Crippen molar-refractivity contribution in [3.05, 3.63) is 93.9 Å². The molecule has 0 saturated heterocycles. The van der Waals surface area contributed by atoms with Gasteiger partial charge in [0.15, 0.2) is 0 Å². The van der Waals surface area contributed by atoms with Gasteiger partial charge in [0.1, 0.15) is 12.6 Å². The van der Waals surface area contributed by atoms with E-state index in [4.69, 9.17) is 11.6 Å². The number of para-hydroxylation sites is 1. The molecule has 0 saturated carbocycles. The molecule has 0 spiro atoms. The first kappa shape index (κ1) is 27.7. The third-order valence-corrected chi connectivity index (χ3v) is 8.02. The van der Waals surface area contributed by atoms with Gasteiger partial charge in [-0.25, -0.2) is 8.42 Å². The summed E-state index contributed by atoms with van der Waals surface area (Å²) in [4.78, 5) is 27.8. The first-order chi connectivity index (χ1) is 17.1. The molecule has 0 radical (unpaired) electrons. The Kier molecular flexibility index (Phi) is 9.53. The minimum atomic E-state index is -4.12. The van der Waals surface area contributed by atoms with Crippen LogP contribution < -0.4 is 9.62 Å². The summed E-state index contributed by atoms with van der Waals surface area (Å²) in [5, 5.41) is 3.13. The normalized spacial score (nSPS) is 12.0. The molecule has 0 aliphatic heterocycles. The Labute approximate surface area is 225 Å². The molecule has 36 heavy (non-hydrogen) atoms. The van der Waals surface area contributed by atoms with Crippen LogP contribution in [0.1, 0.15) is 19.4 Å². The summed E-state index contributed by atoms with van der Waals surface area (Å²) in [7, 11) is -4.12. The van der Waals surface area contributed by atoms with Crippen LogP contribution in [0.3, 0.4) is 0 Å². The van der Waals surface area contributed by atoms with Gasteiger partial charge in [0.2, 0.25) is 11.8 Å². The highest BCUT2D eigenvalue weighted by molar-refractivity contribution is 9.10. The first-order valence-electron chi connectivity index (χ1n) is 11.3. The molecule has 1 N–H and O–H groups in total. The molecule has 0 bridgehead atoms. The smallest absolute Gasteiger partial charge is 0.264 e. The maximum absolute atomic E-state index is 13.7. The van der Waals surface area contributed by atoms with E-state index >= 15 is 0 Å². The number of nitrogens with one attached hydrogen (secondary N) is 1. The van der Waals surface area contributed by atoms with Gasteiger partial charge < -0.3 is 10.2 Å². The lowest BCUT2D eigenvalue weighted by molar-refractivity contribution is -0.139. The summed E-state index contributed by atoms with van der Waals surface area (Å²) in [6.45, 7) is 3.46. The van der Waals surface area contributed by atoms with E-state index in [9.17, 15) is 18.0 Å². The van der Waals surface area contributed by atoms with E-state index in [2.05, 4.69) is 21.2 Å². The zero-order valence-corrected chi connectivity index (χ0v) is 23.1. The maximum Gasteiger partial charge on any atom is 0.264 e. The summed E-state index contributed by atoms with van der Waals surface area (Å²) in [6, 6.07) is 20.7. The van der Waals surface area contributed by atoms with Crippen LogP contribution in [0, 0.1) is 0 Å². The molecular formula is C26H27BrClN3O4S. The molecule has 0 fully saturated rings. The van der Waals surface area contributed by atoms with E-state index in [1.54, 1.807) is 44.2 Å². The first-order valence-corrected chi connectivity index (χ1v) is 13.9. The van der Waals surface area contributed by atoms with Crippen LogP contribution in [0.25, 0.3) is 0 Å². The fourth-order valence-corrected chi connectivity index (χ4v) is 5.58. The predicted octanol–water partition coefficient (Wildman–Crippen LogP) is 4.85. The predicted molar refractivity (Wildman–Crippen MR) is 145 cm³/mol. The number of carbonyl (C=O) groups excluding carboxylic acids is 2. The minimum Gasteiger partial charge on any atom is -0.355 e. The number of nitrogens with zero attached hydrogens (tertiary/aromatic N) is 2. The quantitative estimate of drug-likeness (QED) is 0.365. The number of benzene rings is 3. The molecule has 1 atom stereocenters. The Morgan fingerprint density at radius 3 is 2.28 bits per heavy atom. The largest absolute Gasteiger partial charge is 0.355 e. The monoisotopic (exact) mass is 591 g/mol. The fourth-order valence-electron chi connectivity index (χ4n) is 3.59. The van der Waals surface area contributed by atoms with Crippen molar-refractivity contribution < 1.29 is 18.0 Å². The number of hydrogen-bond acceptors (Lipinski definition) is 4. The van der Waals surface area contributed by atoms with Gasteiger partial charge in [0.25, 0.3) is 10.0 Å². The zero-order valence-electron chi connectivity index (χ0n) is 19.9. The number of amides is 2. The molecule has 0 aromatic heterocycles. The van der Waals surface area contributed by atoms with Crippen molar-refractivity contribution in [3.8, 4) is 0 Å². The van der Waals surface area contributed by atoms with Gasteiger partial charge in [-0.3, -0.25) is 13.9 Å². The van der Waals surface area contributed by atoms with Gasteiger partial charge in [-0.1, -0.05) is 57.9 Å². The summed E-state index contributed by atoms with van der Waals surface area (Å²) < 4.78 is 29.2. The minimum absolute atomic E-state index is 0.00105. The highest BCUT2D eigenvalue weighted by Gasteiger charge is 2.32. The maximum atomic E-state index is 13.7. The summed E-state index contributed by atoms with van der Waals surface area (Å²) in [5.74, 6) is -0.845. The number of carbonyl (C=O) groups is 2. The Hall–Kier alpha value is -2.88. The lowest BCUT2D eigenvalue weighted by atomic mass is 10.1. The average Bonchev–Trinajstić information content (AvgIpc) is 2.86. The van der Waals surface area contributed by atoms with Gasteiger partial charge in [0.05, 0.1) is 10.6 Å². The van der Waals surface area contributed by atoms with E-state index < -0.39 is 28.5 Å². The Bertz CT molecular complexity index is 1300. The van der Waals surface area contributed by atoms with Crippen LogP contribution in [0.2, 0.25) is 5.02 Å². The van der Waals surface area contributed by atoms with E-state index in [1.165, 1.54) is 29.2 Å². The topological polar surface area (TPSA) is 86.8 Å². The van der Waals surface area contributed by atoms with Crippen molar-refractivity contribution in [2.75, 3.05) is 17.4 Å². The molecule has 0 unspecified atom stereocenters. The van der Waals surface area contributed by atoms with Crippen molar-refractivity contribution in [1.29, 1.82) is 0 Å². The average molecular weight is 593 g/mol.